The number of amides is 1. The second-order valence-corrected chi connectivity index (χ2v) is 11.6. The molecule has 35 heavy (non-hydrogen) atoms. The summed E-state index contributed by atoms with van der Waals surface area (Å²) in [6.45, 7) is 7.31. The summed E-state index contributed by atoms with van der Waals surface area (Å²) in [5.74, 6) is 1.26. The molecular formula is C27H36N2O5S. The Morgan fingerprint density at radius 1 is 1.14 bits per heavy atom. The second-order valence-electron chi connectivity index (χ2n) is 9.71. The van der Waals surface area contributed by atoms with Crippen LogP contribution in [-0.2, 0) is 10.0 Å². The number of sulfonamides is 1. The third-order valence-corrected chi connectivity index (χ3v) is 9.48. The molecule has 0 saturated carbocycles. The molecule has 190 valence electrons. The number of nitrogens with zero attached hydrogens (tertiary/aromatic N) is 1. The number of carbonyl (C=O) groups excluding carboxylic acids is 1. The largest absolute Gasteiger partial charge is 0.496 e. The fourth-order valence-corrected chi connectivity index (χ4v) is 6.56. The van der Waals surface area contributed by atoms with Crippen molar-refractivity contribution < 1.29 is 22.7 Å². The van der Waals surface area contributed by atoms with Crippen LogP contribution in [0.3, 0.4) is 0 Å². The van der Waals surface area contributed by atoms with Gasteiger partial charge in [0.05, 0.1) is 23.6 Å². The highest BCUT2D eigenvalue weighted by Crippen LogP contribution is 2.43. The SMILES string of the molecule is CCC1(CC)C[C@@H](NC(=O)c2cc(S(=O)(=O)N3CCC(C)CC3)ccc2OC)c2ccccc2O1. The van der Waals surface area contributed by atoms with Crippen molar-refractivity contribution in [3.8, 4) is 11.5 Å². The molecule has 2 aliphatic heterocycles. The Hall–Kier alpha value is -2.58. The normalized spacial score (nSPS) is 20.5. The highest BCUT2D eigenvalue weighted by molar-refractivity contribution is 7.89. The van der Waals surface area contributed by atoms with Gasteiger partial charge in [0.1, 0.15) is 17.1 Å². The molecule has 2 heterocycles. The molecule has 0 aromatic heterocycles. The van der Waals surface area contributed by atoms with Crippen LogP contribution in [0.2, 0.25) is 0 Å². The first-order chi connectivity index (χ1) is 16.7. The van der Waals surface area contributed by atoms with E-state index in [9.17, 15) is 13.2 Å². The summed E-state index contributed by atoms with van der Waals surface area (Å²) in [7, 11) is -2.22. The van der Waals surface area contributed by atoms with Gasteiger partial charge in [-0.15, -0.1) is 0 Å². The molecule has 0 radical (unpaired) electrons. The van der Waals surface area contributed by atoms with Crippen LogP contribution in [-0.4, -0.2) is 44.4 Å². The summed E-state index contributed by atoms with van der Waals surface area (Å²) in [5.41, 5.74) is 0.762. The average molecular weight is 501 g/mol. The van der Waals surface area contributed by atoms with E-state index < -0.39 is 10.0 Å². The topological polar surface area (TPSA) is 84.9 Å². The van der Waals surface area contributed by atoms with Gasteiger partial charge in [-0.05, 0) is 55.9 Å². The van der Waals surface area contributed by atoms with Gasteiger partial charge in [-0.3, -0.25) is 4.79 Å². The number of hydrogen-bond acceptors (Lipinski definition) is 5. The van der Waals surface area contributed by atoms with Gasteiger partial charge in [0, 0.05) is 25.1 Å². The van der Waals surface area contributed by atoms with Gasteiger partial charge in [-0.1, -0.05) is 39.0 Å². The zero-order valence-electron chi connectivity index (χ0n) is 21.0. The molecule has 8 heteroatoms. The van der Waals surface area contributed by atoms with Gasteiger partial charge in [0.2, 0.25) is 10.0 Å². The van der Waals surface area contributed by atoms with Crippen LogP contribution in [0.15, 0.2) is 47.4 Å². The van der Waals surface area contributed by atoms with E-state index in [0.29, 0.717) is 31.2 Å². The molecule has 0 spiro atoms. The number of fused-ring (bicyclic) bond motifs is 1. The highest BCUT2D eigenvalue weighted by atomic mass is 32.2. The van der Waals surface area contributed by atoms with Crippen molar-refractivity contribution in [2.24, 2.45) is 5.92 Å². The van der Waals surface area contributed by atoms with Crippen LogP contribution in [0.5, 0.6) is 11.5 Å². The summed E-state index contributed by atoms with van der Waals surface area (Å²) in [6, 6.07) is 12.0. The van der Waals surface area contributed by atoms with E-state index in [0.717, 1.165) is 37.0 Å². The van der Waals surface area contributed by atoms with Crippen LogP contribution in [0.25, 0.3) is 0 Å². The molecular weight excluding hydrogens is 464 g/mol. The molecule has 0 bridgehead atoms. The molecule has 2 aliphatic rings. The Balaban J connectivity index is 1.64. The van der Waals surface area contributed by atoms with Crippen molar-refractivity contribution >= 4 is 15.9 Å². The van der Waals surface area contributed by atoms with Crippen molar-refractivity contribution in [2.75, 3.05) is 20.2 Å². The lowest BCUT2D eigenvalue weighted by Gasteiger charge is -2.41. The molecule has 1 N–H and O–H groups in total. The minimum absolute atomic E-state index is 0.113. The van der Waals surface area contributed by atoms with Crippen molar-refractivity contribution in [1.29, 1.82) is 0 Å². The predicted molar refractivity (Wildman–Crippen MR) is 135 cm³/mol. The zero-order valence-corrected chi connectivity index (χ0v) is 21.9. The van der Waals surface area contributed by atoms with Crippen LogP contribution >= 0.6 is 0 Å². The second kappa shape index (κ2) is 10.2. The van der Waals surface area contributed by atoms with E-state index >= 15 is 0 Å². The minimum Gasteiger partial charge on any atom is -0.496 e. The number of para-hydroxylation sites is 1. The standard InChI is InChI=1S/C27H36N2O5S/c1-5-27(6-2)18-23(21-9-7-8-10-25(21)34-27)28-26(30)22-17-20(11-12-24(22)33-4)35(31,32)29-15-13-19(3)14-16-29/h7-12,17,19,23H,5-6,13-16,18H2,1-4H3,(H,28,30)/t23-/m1/s1. The third kappa shape index (κ3) is 5.05. The minimum atomic E-state index is -3.70. The fourth-order valence-electron chi connectivity index (χ4n) is 5.07. The number of piperidine rings is 1. The Bertz CT molecular complexity index is 1170. The Morgan fingerprint density at radius 2 is 1.83 bits per heavy atom. The van der Waals surface area contributed by atoms with E-state index in [2.05, 4.69) is 26.1 Å². The smallest absolute Gasteiger partial charge is 0.255 e. The third-order valence-electron chi connectivity index (χ3n) is 7.59. The number of hydrogen-bond donors (Lipinski definition) is 1. The van der Waals surface area contributed by atoms with E-state index in [1.54, 1.807) is 6.07 Å². The van der Waals surface area contributed by atoms with Crippen LogP contribution in [0.4, 0.5) is 0 Å². The Morgan fingerprint density at radius 3 is 2.49 bits per heavy atom. The van der Waals surface area contributed by atoms with E-state index in [1.165, 1.54) is 23.5 Å². The van der Waals surface area contributed by atoms with Crippen molar-refractivity contribution in [2.45, 2.75) is 69.4 Å². The van der Waals surface area contributed by atoms with E-state index in [-0.39, 0.29) is 28.0 Å². The van der Waals surface area contributed by atoms with Gasteiger partial charge >= 0.3 is 0 Å². The molecule has 2 aromatic carbocycles. The maximum absolute atomic E-state index is 13.5. The lowest BCUT2D eigenvalue weighted by molar-refractivity contribution is 0.0227. The quantitative estimate of drug-likeness (QED) is 0.583. The number of methoxy groups -OCH3 is 1. The van der Waals surface area contributed by atoms with Gasteiger partial charge < -0.3 is 14.8 Å². The van der Waals surface area contributed by atoms with Gasteiger partial charge in [-0.25, -0.2) is 8.42 Å². The maximum atomic E-state index is 13.5. The van der Waals surface area contributed by atoms with Crippen LogP contribution < -0.4 is 14.8 Å². The summed E-state index contributed by atoms with van der Waals surface area (Å²) >= 11 is 0. The van der Waals surface area contributed by atoms with E-state index in [4.69, 9.17) is 9.47 Å². The number of rotatable bonds is 7. The fraction of sp³-hybridized carbons (Fsp3) is 0.519. The monoisotopic (exact) mass is 500 g/mol. The van der Waals surface area contributed by atoms with Crippen molar-refractivity contribution in [3.05, 3.63) is 53.6 Å². The molecule has 1 saturated heterocycles. The summed E-state index contributed by atoms with van der Waals surface area (Å²) in [4.78, 5) is 13.7. The predicted octanol–water partition coefficient (Wildman–Crippen LogP) is 4.93. The van der Waals surface area contributed by atoms with Gasteiger partial charge in [0.15, 0.2) is 0 Å². The number of benzene rings is 2. The van der Waals surface area contributed by atoms with Crippen LogP contribution in [0.1, 0.15) is 74.8 Å². The van der Waals surface area contributed by atoms with Gasteiger partial charge in [0.25, 0.3) is 5.91 Å². The molecule has 7 nitrogen and oxygen atoms in total. The first kappa shape index (κ1) is 25.5. The number of nitrogens with one attached hydrogen (secondary N) is 1. The maximum Gasteiger partial charge on any atom is 0.255 e. The first-order valence-corrected chi connectivity index (χ1v) is 13.9. The summed E-state index contributed by atoms with van der Waals surface area (Å²) < 4.78 is 40.0. The van der Waals surface area contributed by atoms with E-state index in [1.807, 2.05) is 24.3 Å². The number of carbonyl (C=O) groups is 1. The molecule has 0 unspecified atom stereocenters. The zero-order chi connectivity index (χ0) is 25.2. The number of ether oxygens (including phenoxy) is 2. The first-order valence-electron chi connectivity index (χ1n) is 12.5. The average Bonchev–Trinajstić information content (AvgIpc) is 2.88. The van der Waals surface area contributed by atoms with Crippen LogP contribution in [0, 0.1) is 5.92 Å². The molecule has 2 aromatic rings. The highest BCUT2D eigenvalue weighted by Gasteiger charge is 2.39. The Labute approximate surface area is 208 Å². The molecule has 4 rings (SSSR count). The lowest BCUT2D eigenvalue weighted by atomic mass is 9.83. The lowest BCUT2D eigenvalue weighted by Crippen LogP contribution is -2.44. The Kier molecular flexibility index (Phi) is 7.43. The molecule has 0 aliphatic carbocycles. The van der Waals surface area contributed by atoms with Gasteiger partial charge in [-0.2, -0.15) is 4.31 Å². The summed E-state index contributed by atoms with van der Waals surface area (Å²) in [5, 5.41) is 3.15. The molecule has 1 amide bonds. The van der Waals surface area contributed by atoms with Crippen molar-refractivity contribution in [1.82, 2.24) is 9.62 Å². The molecule has 1 fully saturated rings. The van der Waals surface area contributed by atoms with Crippen molar-refractivity contribution in [3.63, 3.8) is 0 Å². The summed E-state index contributed by atoms with van der Waals surface area (Å²) in [6.07, 6.45) is 3.94. The molecule has 1 atom stereocenters.